The minimum Gasteiger partial charge on any atom is -0.391 e. The molecule has 2 heterocycles. The van der Waals surface area contributed by atoms with Gasteiger partial charge in [-0.2, -0.15) is 0 Å². The van der Waals surface area contributed by atoms with Gasteiger partial charge in [0.15, 0.2) is 5.78 Å². The van der Waals surface area contributed by atoms with Gasteiger partial charge < -0.3 is 21.1 Å². The van der Waals surface area contributed by atoms with Crippen LogP contribution >= 0.6 is 11.3 Å². The number of ketones is 1. The number of benzene rings is 1. The maximum absolute atomic E-state index is 13.7. The van der Waals surface area contributed by atoms with Gasteiger partial charge in [0.25, 0.3) is 0 Å². The molecule has 0 saturated carbocycles. The van der Waals surface area contributed by atoms with Gasteiger partial charge in [0.2, 0.25) is 11.8 Å². The van der Waals surface area contributed by atoms with Crippen molar-refractivity contribution in [1.29, 1.82) is 0 Å². The molecule has 1 aliphatic heterocycles. The molecule has 1 aromatic carbocycles. The van der Waals surface area contributed by atoms with Crippen LogP contribution in [0.2, 0.25) is 0 Å². The summed E-state index contributed by atoms with van der Waals surface area (Å²) in [4.78, 5) is 46.4. The normalized spacial score (nSPS) is 21.8. The fourth-order valence-corrected chi connectivity index (χ4v) is 5.46. The molecule has 1 saturated heterocycles. The number of β-amino-alcohol motifs (C(OH)–C–C–N with tert-alkyl or cyclic N) is 1. The number of aliphatic hydroxyl groups excluding tert-OH is 1. The lowest BCUT2D eigenvalue weighted by molar-refractivity contribution is -0.148. The lowest BCUT2D eigenvalue weighted by Crippen LogP contribution is -2.61. The van der Waals surface area contributed by atoms with E-state index in [2.05, 4.69) is 10.3 Å². The number of carbonyl (C=O) groups excluding carboxylic acids is 3. The topological polar surface area (TPSA) is 126 Å². The largest absolute Gasteiger partial charge is 0.391 e. The maximum Gasteiger partial charge on any atom is 0.246 e. The summed E-state index contributed by atoms with van der Waals surface area (Å²) in [6, 6.07) is 6.44. The van der Waals surface area contributed by atoms with Gasteiger partial charge in [0, 0.05) is 19.4 Å². The Bertz CT molecular complexity index is 1110. The number of aromatic nitrogens is 1. The van der Waals surface area contributed by atoms with Crippen molar-refractivity contribution in [2.45, 2.75) is 84.5 Å². The molecular weight excluding hydrogens is 476 g/mol. The second-order valence-corrected chi connectivity index (χ2v) is 11.9. The van der Waals surface area contributed by atoms with Crippen LogP contribution < -0.4 is 11.1 Å². The van der Waals surface area contributed by atoms with Crippen molar-refractivity contribution in [2.24, 2.45) is 11.1 Å². The molecule has 0 radical (unpaired) electrons. The van der Waals surface area contributed by atoms with Crippen LogP contribution in [0.1, 0.15) is 58.7 Å². The number of likely N-dealkylation sites (tertiary alicyclic amines) is 1. The van der Waals surface area contributed by atoms with Crippen molar-refractivity contribution in [3.63, 3.8) is 0 Å². The number of carbonyl (C=O) groups is 3. The number of nitrogens with two attached hydrogens (primary N) is 1. The second-order valence-electron chi connectivity index (χ2n) is 11.1. The first-order valence-electron chi connectivity index (χ1n) is 12.3. The molecule has 0 aliphatic carbocycles. The van der Waals surface area contributed by atoms with Gasteiger partial charge >= 0.3 is 0 Å². The van der Waals surface area contributed by atoms with Gasteiger partial charge in [-0.15, -0.1) is 11.3 Å². The summed E-state index contributed by atoms with van der Waals surface area (Å²) >= 11 is 1.60. The molecule has 2 amide bonds. The number of nitrogens with zero attached hydrogens (tertiary/aromatic N) is 2. The molecule has 4 N–H and O–H groups in total. The van der Waals surface area contributed by atoms with Crippen molar-refractivity contribution >= 4 is 28.9 Å². The van der Waals surface area contributed by atoms with E-state index in [1.807, 2.05) is 57.5 Å². The van der Waals surface area contributed by atoms with Gasteiger partial charge in [-0.05, 0) is 43.7 Å². The Morgan fingerprint density at radius 2 is 1.92 bits per heavy atom. The molecule has 0 unspecified atom stereocenters. The first-order valence-corrected chi connectivity index (χ1v) is 13.2. The van der Waals surface area contributed by atoms with Crippen LogP contribution in [0.15, 0.2) is 29.8 Å². The number of amides is 2. The van der Waals surface area contributed by atoms with Gasteiger partial charge in [0.1, 0.15) is 11.6 Å². The van der Waals surface area contributed by atoms with Gasteiger partial charge in [-0.1, -0.05) is 45.0 Å². The highest BCUT2D eigenvalue weighted by Gasteiger charge is 2.51. The lowest BCUT2D eigenvalue weighted by atomic mass is 9.83. The van der Waals surface area contributed by atoms with Crippen molar-refractivity contribution in [3.05, 3.63) is 41.0 Å². The number of hydrogen-bond donors (Lipinski definition) is 3. The standard InChI is InChI=1S/C27H38N4O4S/c1-16(28)24(34)30-23(26(3,4)5)25(35)31-14-20(32)13-27(31,6)21(33)12-9-18-7-10-19(11-8-18)22-17(2)29-15-36-22/h7-8,10-11,15-16,20,23,32H,9,12-14,28H2,1-6H3,(H,30,34)/t16-,20+,23+,27-/m0/s1. The summed E-state index contributed by atoms with van der Waals surface area (Å²) in [5, 5.41) is 13.2. The smallest absolute Gasteiger partial charge is 0.246 e. The summed E-state index contributed by atoms with van der Waals surface area (Å²) in [5.41, 5.74) is 8.87. The fraction of sp³-hybridized carbons (Fsp3) is 0.556. The molecule has 1 fully saturated rings. The Hall–Kier alpha value is -2.62. The molecule has 3 rings (SSSR count). The Morgan fingerprint density at radius 1 is 1.28 bits per heavy atom. The summed E-state index contributed by atoms with van der Waals surface area (Å²) in [7, 11) is 0. The van der Waals surface area contributed by atoms with Gasteiger partial charge in [-0.25, -0.2) is 4.98 Å². The minimum absolute atomic E-state index is 0.0462. The zero-order chi connectivity index (χ0) is 26.8. The van der Waals surface area contributed by atoms with Crippen LogP contribution in [0, 0.1) is 12.3 Å². The molecule has 9 heteroatoms. The minimum atomic E-state index is -1.15. The monoisotopic (exact) mass is 514 g/mol. The predicted molar refractivity (Wildman–Crippen MR) is 141 cm³/mol. The quantitative estimate of drug-likeness (QED) is 0.497. The van der Waals surface area contributed by atoms with E-state index in [1.165, 1.54) is 4.90 Å². The molecule has 8 nitrogen and oxygen atoms in total. The van der Waals surface area contributed by atoms with Crippen LogP contribution in [0.3, 0.4) is 0 Å². The predicted octanol–water partition coefficient (Wildman–Crippen LogP) is 2.85. The van der Waals surface area contributed by atoms with E-state index in [0.717, 1.165) is 21.7 Å². The third kappa shape index (κ3) is 6.02. The Labute approximate surface area is 217 Å². The van der Waals surface area contributed by atoms with E-state index in [1.54, 1.807) is 25.2 Å². The first-order chi connectivity index (χ1) is 16.7. The van der Waals surface area contributed by atoms with E-state index in [9.17, 15) is 19.5 Å². The molecule has 0 bridgehead atoms. The highest BCUT2D eigenvalue weighted by Crippen LogP contribution is 2.35. The third-order valence-electron chi connectivity index (χ3n) is 6.90. The Balaban J connectivity index is 1.74. The Kier molecular flexibility index (Phi) is 8.37. The van der Waals surface area contributed by atoms with Crippen molar-refractivity contribution < 1.29 is 19.5 Å². The Morgan fingerprint density at radius 3 is 2.44 bits per heavy atom. The van der Waals surface area contributed by atoms with Gasteiger partial charge in [-0.3, -0.25) is 14.4 Å². The number of hydrogen-bond acceptors (Lipinski definition) is 7. The number of Topliss-reactive ketones (excluding diaryl/α,β-unsaturated/α-hetero) is 1. The zero-order valence-electron chi connectivity index (χ0n) is 22.0. The van der Waals surface area contributed by atoms with E-state index < -0.39 is 35.0 Å². The molecular formula is C27H38N4O4S. The fourth-order valence-electron chi connectivity index (χ4n) is 4.65. The molecule has 1 aromatic heterocycles. The summed E-state index contributed by atoms with van der Waals surface area (Å²) in [6.07, 6.45) is 0.116. The van der Waals surface area contributed by atoms with E-state index in [4.69, 9.17) is 5.73 Å². The number of aryl methyl sites for hydroxylation is 2. The van der Waals surface area contributed by atoms with Crippen LogP contribution in [-0.4, -0.2) is 62.9 Å². The van der Waals surface area contributed by atoms with E-state index in [-0.39, 0.29) is 31.1 Å². The second kappa shape index (κ2) is 10.8. The zero-order valence-corrected chi connectivity index (χ0v) is 22.8. The summed E-state index contributed by atoms with van der Waals surface area (Å²) < 4.78 is 0. The summed E-state index contributed by atoms with van der Waals surface area (Å²) in [6.45, 7) is 10.8. The first kappa shape index (κ1) is 28.0. The van der Waals surface area contributed by atoms with Crippen LogP contribution in [0.5, 0.6) is 0 Å². The number of thiazole rings is 1. The average molecular weight is 515 g/mol. The van der Waals surface area contributed by atoms with Crippen LogP contribution in [-0.2, 0) is 20.8 Å². The van der Waals surface area contributed by atoms with E-state index in [0.29, 0.717) is 6.42 Å². The van der Waals surface area contributed by atoms with Crippen molar-refractivity contribution in [1.82, 2.24) is 15.2 Å². The number of aliphatic hydroxyl groups is 1. The SMILES string of the molecule is Cc1ncsc1-c1ccc(CCC(=O)[C@]2(C)C[C@@H](O)CN2C(=O)[C@@H](NC(=O)[C@H](C)N)C(C)(C)C)cc1. The average Bonchev–Trinajstić information content (AvgIpc) is 3.37. The highest BCUT2D eigenvalue weighted by molar-refractivity contribution is 7.13. The molecule has 2 aromatic rings. The summed E-state index contributed by atoms with van der Waals surface area (Å²) in [5.74, 6) is -0.929. The maximum atomic E-state index is 13.7. The number of rotatable bonds is 8. The molecule has 196 valence electrons. The van der Waals surface area contributed by atoms with Crippen molar-refractivity contribution in [3.8, 4) is 10.4 Å². The number of nitrogens with one attached hydrogen (secondary N) is 1. The lowest BCUT2D eigenvalue weighted by Gasteiger charge is -2.40. The third-order valence-corrected chi connectivity index (χ3v) is 7.88. The molecule has 0 spiro atoms. The van der Waals surface area contributed by atoms with Crippen LogP contribution in [0.4, 0.5) is 0 Å². The molecule has 4 atom stereocenters. The van der Waals surface area contributed by atoms with Crippen LogP contribution in [0.25, 0.3) is 10.4 Å². The van der Waals surface area contributed by atoms with Crippen molar-refractivity contribution in [2.75, 3.05) is 6.54 Å². The van der Waals surface area contributed by atoms with Gasteiger partial charge in [0.05, 0.1) is 28.2 Å². The molecule has 1 aliphatic rings. The highest BCUT2D eigenvalue weighted by atomic mass is 32.1. The van der Waals surface area contributed by atoms with E-state index >= 15 is 0 Å². The molecule has 36 heavy (non-hydrogen) atoms.